The molecule has 1 aromatic heterocycles. The fourth-order valence-corrected chi connectivity index (χ4v) is 5.39. The van der Waals surface area contributed by atoms with Gasteiger partial charge in [-0.1, -0.05) is 66.2 Å². The van der Waals surface area contributed by atoms with Crippen molar-refractivity contribution >= 4 is 45.5 Å². The Bertz CT molecular complexity index is 1440. The van der Waals surface area contributed by atoms with E-state index in [2.05, 4.69) is 60.2 Å². The lowest BCUT2D eigenvalue weighted by molar-refractivity contribution is -0.122. The van der Waals surface area contributed by atoms with Crippen molar-refractivity contribution in [3.8, 4) is 0 Å². The molecule has 0 atom stereocenters. The number of ether oxygens (including phenoxy) is 1. The molecule has 1 aliphatic heterocycles. The quantitative estimate of drug-likeness (QED) is 0.203. The third kappa shape index (κ3) is 5.30. The minimum atomic E-state index is -0.0371. The van der Waals surface area contributed by atoms with Crippen molar-refractivity contribution in [3.63, 3.8) is 0 Å². The van der Waals surface area contributed by atoms with Crippen molar-refractivity contribution in [2.45, 2.75) is 20.4 Å². The van der Waals surface area contributed by atoms with Crippen LogP contribution in [0.5, 0.6) is 0 Å². The zero-order valence-electron chi connectivity index (χ0n) is 20.6. The molecule has 0 spiro atoms. The molecule has 0 bridgehead atoms. The van der Waals surface area contributed by atoms with E-state index in [0.29, 0.717) is 29.8 Å². The highest BCUT2D eigenvalue weighted by Crippen LogP contribution is 2.35. The summed E-state index contributed by atoms with van der Waals surface area (Å²) in [5.74, 6) is -0.0371. The number of nitrogens with zero attached hydrogens (tertiary/aromatic N) is 3. The van der Waals surface area contributed by atoms with Crippen LogP contribution in [0.2, 0.25) is 0 Å². The van der Waals surface area contributed by atoms with Gasteiger partial charge < -0.3 is 9.30 Å². The molecule has 5 nitrogen and oxygen atoms in total. The van der Waals surface area contributed by atoms with Crippen molar-refractivity contribution in [2.75, 3.05) is 19.8 Å². The number of hydrogen-bond donors (Lipinski definition) is 0. The van der Waals surface area contributed by atoms with Gasteiger partial charge in [0, 0.05) is 35.8 Å². The van der Waals surface area contributed by atoms with E-state index in [1.54, 1.807) is 4.90 Å². The number of aliphatic imine (C=N–C) groups is 1. The SMILES string of the molecule is CCOCCN1C(=O)/C(=C/c2cn(Cc3cccc(C)c3)c3ccccc23)SC1=Nc1ccccc1. The van der Waals surface area contributed by atoms with Gasteiger partial charge in [0.1, 0.15) is 0 Å². The molecule has 1 saturated heterocycles. The van der Waals surface area contributed by atoms with Gasteiger partial charge in [-0.15, -0.1) is 0 Å². The molecule has 4 aromatic rings. The standard InChI is InChI=1S/C30H29N3O2S/c1-3-35-17-16-33-29(34)28(36-30(33)31-25-12-5-4-6-13-25)19-24-21-32(27-15-8-7-14-26(24)27)20-23-11-9-10-22(2)18-23/h4-15,18-19,21H,3,16-17,20H2,1-2H3/b28-19-,31-30?. The second-order valence-electron chi connectivity index (χ2n) is 8.71. The average Bonchev–Trinajstić information content (AvgIpc) is 3.37. The molecular formula is C30H29N3O2S. The predicted octanol–water partition coefficient (Wildman–Crippen LogP) is 6.64. The van der Waals surface area contributed by atoms with Gasteiger partial charge in [-0.3, -0.25) is 9.69 Å². The van der Waals surface area contributed by atoms with Gasteiger partial charge in [-0.2, -0.15) is 0 Å². The lowest BCUT2D eigenvalue weighted by Gasteiger charge is -2.15. The van der Waals surface area contributed by atoms with Crippen molar-refractivity contribution < 1.29 is 9.53 Å². The van der Waals surface area contributed by atoms with Crippen LogP contribution in [0.25, 0.3) is 17.0 Å². The number of rotatable bonds is 8. The zero-order valence-corrected chi connectivity index (χ0v) is 21.4. The molecule has 0 radical (unpaired) electrons. The van der Waals surface area contributed by atoms with E-state index in [-0.39, 0.29) is 5.91 Å². The van der Waals surface area contributed by atoms with Crippen LogP contribution in [0.1, 0.15) is 23.6 Å². The molecule has 0 saturated carbocycles. The molecule has 3 aromatic carbocycles. The monoisotopic (exact) mass is 495 g/mol. The third-order valence-corrected chi connectivity index (χ3v) is 7.08. The largest absolute Gasteiger partial charge is 0.380 e. The Labute approximate surface area is 216 Å². The van der Waals surface area contributed by atoms with Crippen LogP contribution in [0.3, 0.4) is 0 Å². The normalized spacial score (nSPS) is 16.1. The van der Waals surface area contributed by atoms with Crippen LogP contribution in [0.4, 0.5) is 5.69 Å². The van der Waals surface area contributed by atoms with Crippen molar-refractivity contribution in [1.29, 1.82) is 0 Å². The number of fused-ring (bicyclic) bond motifs is 1. The second-order valence-corrected chi connectivity index (χ2v) is 9.72. The Morgan fingerprint density at radius 1 is 1.00 bits per heavy atom. The number of para-hydroxylation sites is 2. The maximum Gasteiger partial charge on any atom is 0.266 e. The van der Waals surface area contributed by atoms with Crippen molar-refractivity contribution in [3.05, 3.63) is 107 Å². The van der Waals surface area contributed by atoms with Crippen LogP contribution in [0, 0.1) is 6.92 Å². The van der Waals surface area contributed by atoms with Crippen molar-refractivity contribution in [1.82, 2.24) is 9.47 Å². The second kappa shape index (κ2) is 11.0. The highest BCUT2D eigenvalue weighted by Gasteiger charge is 2.33. The van der Waals surface area contributed by atoms with E-state index in [1.165, 1.54) is 22.9 Å². The summed E-state index contributed by atoms with van der Waals surface area (Å²) in [5.41, 5.74) is 5.50. The predicted molar refractivity (Wildman–Crippen MR) is 150 cm³/mol. The fraction of sp³-hybridized carbons (Fsp3) is 0.200. The summed E-state index contributed by atoms with van der Waals surface area (Å²) in [6.45, 7) is 6.40. The van der Waals surface area contributed by atoms with Gasteiger partial charge >= 0.3 is 0 Å². The number of thioether (sulfide) groups is 1. The van der Waals surface area contributed by atoms with E-state index in [4.69, 9.17) is 9.73 Å². The Hall–Kier alpha value is -3.61. The molecule has 1 amide bonds. The van der Waals surface area contributed by atoms with Gasteiger partial charge in [0.05, 0.1) is 23.7 Å². The number of amidine groups is 1. The molecule has 0 unspecified atom stereocenters. The summed E-state index contributed by atoms with van der Waals surface area (Å²) in [5, 5.41) is 1.81. The topological polar surface area (TPSA) is 46.8 Å². The van der Waals surface area contributed by atoms with Crippen LogP contribution < -0.4 is 0 Å². The summed E-state index contributed by atoms with van der Waals surface area (Å²) in [6.07, 6.45) is 4.15. The number of aromatic nitrogens is 1. The molecular weight excluding hydrogens is 466 g/mol. The van der Waals surface area contributed by atoms with E-state index < -0.39 is 0 Å². The van der Waals surface area contributed by atoms with Crippen LogP contribution in [-0.2, 0) is 16.1 Å². The van der Waals surface area contributed by atoms with E-state index in [0.717, 1.165) is 28.7 Å². The molecule has 6 heteroatoms. The smallest absolute Gasteiger partial charge is 0.266 e. The maximum atomic E-state index is 13.5. The minimum absolute atomic E-state index is 0.0371. The Morgan fingerprint density at radius 2 is 1.81 bits per heavy atom. The van der Waals surface area contributed by atoms with E-state index in [9.17, 15) is 4.79 Å². The molecule has 1 fully saturated rings. The summed E-state index contributed by atoms with van der Waals surface area (Å²) in [7, 11) is 0. The summed E-state index contributed by atoms with van der Waals surface area (Å²) < 4.78 is 7.80. The molecule has 2 heterocycles. The molecule has 0 aliphatic carbocycles. The van der Waals surface area contributed by atoms with Crippen LogP contribution in [-0.4, -0.2) is 40.3 Å². The highest BCUT2D eigenvalue weighted by molar-refractivity contribution is 8.18. The van der Waals surface area contributed by atoms with Gasteiger partial charge in [-0.25, -0.2) is 4.99 Å². The average molecular weight is 496 g/mol. The molecule has 1 aliphatic rings. The summed E-state index contributed by atoms with van der Waals surface area (Å²) in [4.78, 5) is 20.6. The van der Waals surface area contributed by atoms with Gasteiger partial charge in [0.2, 0.25) is 0 Å². The van der Waals surface area contributed by atoms with Crippen LogP contribution in [0.15, 0.2) is 95.0 Å². The first-order valence-corrected chi connectivity index (χ1v) is 13.0. The number of carbonyl (C=O) groups is 1. The van der Waals surface area contributed by atoms with Gasteiger partial charge in [-0.05, 0) is 55.4 Å². The highest BCUT2D eigenvalue weighted by atomic mass is 32.2. The Morgan fingerprint density at radius 3 is 2.61 bits per heavy atom. The van der Waals surface area contributed by atoms with Crippen molar-refractivity contribution in [2.24, 2.45) is 4.99 Å². The number of amides is 1. The molecule has 36 heavy (non-hydrogen) atoms. The fourth-order valence-electron chi connectivity index (χ4n) is 4.37. The maximum absolute atomic E-state index is 13.5. The Kier molecular flexibility index (Phi) is 7.35. The van der Waals surface area contributed by atoms with E-state index in [1.807, 2.05) is 49.4 Å². The third-order valence-electron chi connectivity index (χ3n) is 6.07. The number of aryl methyl sites for hydroxylation is 1. The molecule has 5 rings (SSSR count). The first-order valence-electron chi connectivity index (χ1n) is 12.2. The van der Waals surface area contributed by atoms with Gasteiger partial charge in [0.15, 0.2) is 5.17 Å². The summed E-state index contributed by atoms with van der Waals surface area (Å²) in [6, 6.07) is 26.7. The number of hydrogen-bond acceptors (Lipinski definition) is 4. The first-order chi connectivity index (χ1) is 17.6. The molecule has 0 N–H and O–H groups in total. The Balaban J connectivity index is 1.50. The minimum Gasteiger partial charge on any atom is -0.380 e. The lowest BCUT2D eigenvalue weighted by atomic mass is 10.1. The number of benzene rings is 3. The van der Waals surface area contributed by atoms with E-state index >= 15 is 0 Å². The van der Waals surface area contributed by atoms with Crippen LogP contribution >= 0.6 is 11.8 Å². The summed E-state index contributed by atoms with van der Waals surface area (Å²) >= 11 is 1.42. The lowest BCUT2D eigenvalue weighted by Crippen LogP contribution is -2.32. The molecule has 182 valence electrons. The first kappa shape index (κ1) is 24.1. The number of carbonyl (C=O) groups excluding carboxylic acids is 1. The zero-order chi connectivity index (χ0) is 24.9. The van der Waals surface area contributed by atoms with Gasteiger partial charge in [0.25, 0.3) is 5.91 Å².